The van der Waals surface area contributed by atoms with Crippen molar-refractivity contribution in [1.29, 1.82) is 0 Å². The number of alkyl halides is 3. The van der Waals surface area contributed by atoms with Crippen molar-refractivity contribution in [1.82, 2.24) is 9.78 Å². The molecule has 0 aliphatic rings. The molecule has 0 aliphatic heterocycles. The maximum Gasteiger partial charge on any atom is 0.416 e. The number of nitrogens with zero attached hydrogens (tertiary/aromatic N) is 2. The van der Waals surface area contributed by atoms with Gasteiger partial charge >= 0.3 is 6.18 Å². The van der Waals surface area contributed by atoms with Crippen LogP contribution in [0.3, 0.4) is 0 Å². The molecule has 0 saturated heterocycles. The Morgan fingerprint density at radius 3 is 2.60 bits per heavy atom. The molecule has 1 aromatic heterocycles. The maximum atomic E-state index is 13.1. The van der Waals surface area contributed by atoms with Crippen molar-refractivity contribution >= 4 is 11.6 Å². The minimum atomic E-state index is -4.54. The quantitative estimate of drug-likeness (QED) is 0.559. The highest BCUT2D eigenvalue weighted by molar-refractivity contribution is 5.93. The van der Waals surface area contributed by atoms with Crippen molar-refractivity contribution in [3.63, 3.8) is 0 Å². The second-order valence-corrected chi connectivity index (χ2v) is 6.40. The Morgan fingerprint density at radius 1 is 1.13 bits per heavy atom. The Bertz CT molecular complexity index is 988. The van der Waals surface area contributed by atoms with E-state index in [1.165, 1.54) is 19.4 Å². The number of para-hydroxylation sites is 1. The molecule has 9 heteroatoms. The van der Waals surface area contributed by atoms with Crippen LogP contribution in [0.25, 0.3) is 5.69 Å². The first kappa shape index (κ1) is 21.4. The lowest BCUT2D eigenvalue weighted by Gasteiger charge is -2.15. The summed E-state index contributed by atoms with van der Waals surface area (Å²) in [5, 5.41) is 6.72. The summed E-state index contributed by atoms with van der Waals surface area (Å²) >= 11 is 0. The zero-order chi connectivity index (χ0) is 21.6. The lowest BCUT2D eigenvalue weighted by Crippen LogP contribution is -2.17. The molecule has 0 saturated carbocycles. The Labute approximate surface area is 171 Å². The minimum absolute atomic E-state index is 0.0543. The van der Waals surface area contributed by atoms with Crippen LogP contribution in [-0.4, -0.2) is 36.0 Å². The van der Waals surface area contributed by atoms with Crippen LogP contribution in [0.1, 0.15) is 11.1 Å². The van der Waals surface area contributed by atoms with Gasteiger partial charge in [0.05, 0.1) is 36.2 Å². The molecule has 2 aromatic carbocycles. The number of rotatable bonds is 8. The highest BCUT2D eigenvalue weighted by atomic mass is 19.4. The van der Waals surface area contributed by atoms with Gasteiger partial charge in [0, 0.05) is 13.3 Å². The number of amides is 1. The molecule has 1 amide bonds. The van der Waals surface area contributed by atoms with Crippen molar-refractivity contribution in [2.24, 2.45) is 0 Å². The Hall–Kier alpha value is -3.33. The standard InChI is InChI=1S/C21H20F3N3O3/c1-29-9-10-30-19-8-7-16(21(22,23)24)12-18(19)26-20(28)11-15-13-25-27(14-15)17-5-3-2-4-6-17/h2-8,12-14H,9-11H2,1H3,(H,26,28). The van der Waals surface area contributed by atoms with Gasteiger partial charge in [-0.05, 0) is 35.9 Å². The van der Waals surface area contributed by atoms with Gasteiger partial charge in [-0.1, -0.05) is 18.2 Å². The van der Waals surface area contributed by atoms with Gasteiger partial charge < -0.3 is 14.8 Å². The van der Waals surface area contributed by atoms with E-state index in [0.29, 0.717) is 5.56 Å². The monoisotopic (exact) mass is 419 g/mol. The van der Waals surface area contributed by atoms with E-state index in [2.05, 4.69) is 10.4 Å². The smallest absolute Gasteiger partial charge is 0.416 e. The number of carbonyl (C=O) groups is 1. The van der Waals surface area contributed by atoms with E-state index >= 15 is 0 Å². The number of halogens is 3. The zero-order valence-electron chi connectivity index (χ0n) is 16.1. The molecule has 0 fully saturated rings. The highest BCUT2D eigenvalue weighted by Crippen LogP contribution is 2.35. The lowest BCUT2D eigenvalue weighted by atomic mass is 10.1. The maximum absolute atomic E-state index is 13.1. The van der Waals surface area contributed by atoms with E-state index in [1.54, 1.807) is 10.9 Å². The van der Waals surface area contributed by atoms with E-state index in [1.807, 2.05) is 30.3 Å². The molecular weight excluding hydrogens is 399 g/mol. The predicted octanol–water partition coefficient (Wildman–Crippen LogP) is 4.10. The number of ether oxygens (including phenoxy) is 2. The summed E-state index contributed by atoms with van der Waals surface area (Å²) in [7, 11) is 1.48. The molecule has 0 bridgehead atoms. The molecule has 0 spiro atoms. The van der Waals surface area contributed by atoms with Gasteiger partial charge in [0.2, 0.25) is 5.91 Å². The molecule has 1 heterocycles. The van der Waals surface area contributed by atoms with Gasteiger partial charge in [-0.25, -0.2) is 4.68 Å². The summed E-state index contributed by atoms with van der Waals surface area (Å²) < 4.78 is 51.1. The average Bonchev–Trinajstić information content (AvgIpc) is 3.17. The van der Waals surface area contributed by atoms with Gasteiger partial charge in [-0.3, -0.25) is 4.79 Å². The normalized spacial score (nSPS) is 11.3. The average molecular weight is 419 g/mol. The topological polar surface area (TPSA) is 65.4 Å². The summed E-state index contributed by atoms with van der Waals surface area (Å²) in [5.74, 6) is -0.355. The summed E-state index contributed by atoms with van der Waals surface area (Å²) in [4.78, 5) is 12.5. The fourth-order valence-electron chi connectivity index (χ4n) is 2.72. The summed E-state index contributed by atoms with van der Waals surface area (Å²) in [6.07, 6.45) is -1.37. The van der Waals surface area contributed by atoms with Crippen LogP contribution in [0.4, 0.5) is 18.9 Å². The van der Waals surface area contributed by atoms with Crippen LogP contribution in [0.2, 0.25) is 0 Å². The first-order valence-electron chi connectivity index (χ1n) is 9.08. The molecule has 6 nitrogen and oxygen atoms in total. The molecule has 1 N–H and O–H groups in total. The number of carbonyl (C=O) groups excluding carboxylic acids is 1. The second kappa shape index (κ2) is 9.45. The van der Waals surface area contributed by atoms with Crippen molar-refractivity contribution in [3.05, 3.63) is 72.1 Å². The number of benzene rings is 2. The summed E-state index contributed by atoms with van der Waals surface area (Å²) in [5.41, 5.74) is 0.510. The third-order valence-electron chi connectivity index (χ3n) is 4.15. The number of methoxy groups -OCH3 is 1. The number of hydrogen-bond donors (Lipinski definition) is 1. The molecule has 0 atom stereocenters. The van der Waals surface area contributed by atoms with Crippen LogP contribution < -0.4 is 10.1 Å². The Morgan fingerprint density at radius 2 is 1.90 bits per heavy atom. The Balaban J connectivity index is 1.73. The number of hydrogen-bond acceptors (Lipinski definition) is 4. The molecule has 3 rings (SSSR count). The van der Waals surface area contributed by atoms with Crippen LogP contribution >= 0.6 is 0 Å². The van der Waals surface area contributed by atoms with Gasteiger partial charge in [-0.15, -0.1) is 0 Å². The molecule has 0 radical (unpaired) electrons. The first-order valence-corrected chi connectivity index (χ1v) is 9.08. The van der Waals surface area contributed by atoms with Crippen LogP contribution in [-0.2, 0) is 22.1 Å². The third-order valence-corrected chi connectivity index (χ3v) is 4.15. The van der Waals surface area contributed by atoms with E-state index in [0.717, 1.165) is 17.8 Å². The van der Waals surface area contributed by atoms with Crippen LogP contribution in [0, 0.1) is 0 Å². The molecule has 3 aromatic rings. The van der Waals surface area contributed by atoms with Crippen molar-refractivity contribution < 1.29 is 27.4 Å². The van der Waals surface area contributed by atoms with Crippen molar-refractivity contribution in [2.75, 3.05) is 25.6 Å². The van der Waals surface area contributed by atoms with Crippen molar-refractivity contribution in [3.8, 4) is 11.4 Å². The number of aromatic nitrogens is 2. The zero-order valence-corrected chi connectivity index (χ0v) is 16.1. The molecule has 30 heavy (non-hydrogen) atoms. The molecule has 158 valence electrons. The van der Waals surface area contributed by atoms with E-state index in [-0.39, 0.29) is 31.1 Å². The fraction of sp³-hybridized carbons (Fsp3) is 0.238. The van der Waals surface area contributed by atoms with Crippen LogP contribution in [0.15, 0.2) is 60.9 Å². The van der Waals surface area contributed by atoms with E-state index in [4.69, 9.17) is 9.47 Å². The van der Waals surface area contributed by atoms with Gasteiger partial charge in [0.25, 0.3) is 0 Å². The van der Waals surface area contributed by atoms with Gasteiger partial charge in [0.15, 0.2) is 0 Å². The third kappa shape index (κ3) is 5.60. The van der Waals surface area contributed by atoms with E-state index in [9.17, 15) is 18.0 Å². The Kier molecular flexibility index (Phi) is 6.73. The lowest BCUT2D eigenvalue weighted by molar-refractivity contribution is -0.137. The molecule has 0 aliphatic carbocycles. The van der Waals surface area contributed by atoms with Gasteiger partial charge in [-0.2, -0.15) is 18.3 Å². The van der Waals surface area contributed by atoms with Crippen molar-refractivity contribution in [2.45, 2.75) is 12.6 Å². The number of nitrogens with one attached hydrogen (secondary N) is 1. The summed E-state index contributed by atoms with van der Waals surface area (Å²) in [6.45, 7) is 0.391. The first-order chi connectivity index (χ1) is 14.4. The summed E-state index contributed by atoms with van der Waals surface area (Å²) in [6, 6.07) is 12.3. The number of anilines is 1. The minimum Gasteiger partial charge on any atom is -0.489 e. The van der Waals surface area contributed by atoms with E-state index < -0.39 is 17.6 Å². The SMILES string of the molecule is COCCOc1ccc(C(F)(F)F)cc1NC(=O)Cc1cnn(-c2ccccc2)c1. The fourth-order valence-corrected chi connectivity index (χ4v) is 2.72. The van der Waals surface area contributed by atoms with Crippen LogP contribution in [0.5, 0.6) is 5.75 Å². The highest BCUT2D eigenvalue weighted by Gasteiger charge is 2.31. The molecular formula is C21H20F3N3O3. The molecule has 0 unspecified atom stereocenters. The largest absolute Gasteiger partial charge is 0.489 e. The predicted molar refractivity (Wildman–Crippen MR) is 105 cm³/mol. The second-order valence-electron chi connectivity index (χ2n) is 6.40. The van der Waals surface area contributed by atoms with Gasteiger partial charge in [0.1, 0.15) is 12.4 Å².